The summed E-state index contributed by atoms with van der Waals surface area (Å²) >= 11 is 0. The number of carbonyl (C=O) groups excluding carboxylic acids is 1. The number of aliphatic hydroxyl groups excluding tert-OH is 5. The summed E-state index contributed by atoms with van der Waals surface area (Å²) < 4.78 is 12.4. The van der Waals surface area contributed by atoms with E-state index in [-0.39, 0.29) is 23.2 Å². The molecule has 1 aromatic carbocycles. The van der Waals surface area contributed by atoms with Crippen molar-refractivity contribution in [2.75, 3.05) is 19.8 Å². The highest BCUT2D eigenvalue weighted by atomic mass is 17.2. The predicted octanol–water partition coefficient (Wildman–Crippen LogP) is -0.370. The van der Waals surface area contributed by atoms with Crippen molar-refractivity contribution in [3.63, 3.8) is 0 Å². The first-order valence-electron chi connectivity index (χ1n) is 13.4. The summed E-state index contributed by atoms with van der Waals surface area (Å²) in [6, 6.07) is 4.83. The Morgan fingerprint density at radius 1 is 1.10 bits per heavy atom. The second kappa shape index (κ2) is 11.6. The molecule has 8 unspecified atom stereocenters. The Labute approximate surface area is 229 Å². The number of amides is 1. The summed E-state index contributed by atoms with van der Waals surface area (Å²) in [7, 11) is 0. The number of nitrogens with one attached hydrogen (secondary N) is 1. The molecule has 0 saturated carbocycles. The summed E-state index contributed by atoms with van der Waals surface area (Å²) in [5, 5.41) is 52.1. The van der Waals surface area contributed by atoms with Gasteiger partial charge in [-0.1, -0.05) is 12.2 Å². The molecule has 12 heteroatoms. The van der Waals surface area contributed by atoms with Crippen molar-refractivity contribution in [3.8, 4) is 5.75 Å². The molecule has 8 atom stereocenters. The van der Waals surface area contributed by atoms with Crippen LogP contribution in [0.25, 0.3) is 11.0 Å². The zero-order chi connectivity index (χ0) is 28.6. The smallest absolute Gasteiger partial charge is 0.220 e. The number of benzene rings is 1. The quantitative estimate of drug-likeness (QED) is 0.133. The number of ether oxygens (including phenoxy) is 1. The highest BCUT2D eigenvalue weighted by molar-refractivity contribution is 5.80. The molecule has 2 aliphatic heterocycles. The number of hydrogen-bond acceptors (Lipinski definition) is 11. The first-order chi connectivity index (χ1) is 19.1. The van der Waals surface area contributed by atoms with E-state index in [1.165, 1.54) is 6.07 Å². The van der Waals surface area contributed by atoms with Crippen LogP contribution in [0.4, 0.5) is 0 Å². The summed E-state index contributed by atoms with van der Waals surface area (Å²) in [5.74, 6) is 1.13. The van der Waals surface area contributed by atoms with E-state index in [0.29, 0.717) is 60.3 Å². The Morgan fingerprint density at radius 3 is 2.60 bits per heavy atom. The standard InChI is InChI=1S/C28H35NO11/c1-14-5-19(31)18-6-16-7-24(40-37-13-21(33)27(36)26(35)20(32)12-30)28(39-22(16)9-23(18)38-14)4-2-3-15(10-28)17-8-25(34)29-11-17/h2-3,5-6,9,15,17,20-21,24,26-27,30,32-33,35-36H,4,7-8,10-13H2,1H3,(H,29,34). The van der Waals surface area contributed by atoms with E-state index in [0.717, 1.165) is 0 Å². The molecular weight excluding hydrogens is 526 g/mol. The van der Waals surface area contributed by atoms with Crippen molar-refractivity contribution < 1.29 is 49.3 Å². The highest BCUT2D eigenvalue weighted by Gasteiger charge is 2.50. The van der Waals surface area contributed by atoms with Gasteiger partial charge in [0, 0.05) is 37.9 Å². The minimum Gasteiger partial charge on any atom is -0.484 e. The lowest BCUT2D eigenvalue weighted by atomic mass is 9.71. The fourth-order valence-corrected chi connectivity index (χ4v) is 5.84. The molecule has 2 aromatic rings. The Bertz CT molecular complexity index is 1330. The van der Waals surface area contributed by atoms with Crippen molar-refractivity contribution in [1.82, 2.24) is 5.32 Å². The third-order valence-corrected chi connectivity index (χ3v) is 8.13. The molecule has 12 nitrogen and oxygen atoms in total. The van der Waals surface area contributed by atoms with E-state index < -0.39 is 49.3 Å². The van der Waals surface area contributed by atoms with Gasteiger partial charge >= 0.3 is 0 Å². The van der Waals surface area contributed by atoms with Gasteiger partial charge in [-0.3, -0.25) is 9.59 Å². The van der Waals surface area contributed by atoms with Crippen LogP contribution in [0.5, 0.6) is 5.75 Å². The maximum atomic E-state index is 12.6. The van der Waals surface area contributed by atoms with Crippen LogP contribution in [-0.2, 0) is 21.0 Å². The van der Waals surface area contributed by atoms with Gasteiger partial charge < -0.3 is 40.0 Å². The van der Waals surface area contributed by atoms with E-state index in [1.807, 2.05) is 6.08 Å². The van der Waals surface area contributed by atoms with E-state index in [9.17, 15) is 30.0 Å². The van der Waals surface area contributed by atoms with Crippen LogP contribution in [0.1, 0.15) is 30.6 Å². The molecular formula is C28H35NO11. The van der Waals surface area contributed by atoms with Gasteiger partial charge in [-0.05, 0) is 36.8 Å². The first-order valence-corrected chi connectivity index (χ1v) is 13.4. The molecule has 3 aliphatic rings. The van der Waals surface area contributed by atoms with Crippen molar-refractivity contribution in [2.45, 2.75) is 68.7 Å². The summed E-state index contributed by atoms with van der Waals surface area (Å²) in [6.07, 6.45) is -1.81. The number of aryl methyl sites for hydroxylation is 1. The van der Waals surface area contributed by atoms with Crippen molar-refractivity contribution >= 4 is 16.9 Å². The maximum Gasteiger partial charge on any atom is 0.220 e. The highest BCUT2D eigenvalue weighted by Crippen LogP contribution is 2.46. The Hall–Kier alpha value is -2.84. The number of fused-ring (bicyclic) bond motifs is 2. The van der Waals surface area contributed by atoms with Crippen LogP contribution < -0.4 is 15.5 Å². The van der Waals surface area contributed by atoms with Gasteiger partial charge in [-0.25, -0.2) is 9.78 Å². The topological polar surface area (TPSA) is 188 Å². The third kappa shape index (κ3) is 5.66. The van der Waals surface area contributed by atoms with Gasteiger partial charge in [0.15, 0.2) is 5.43 Å². The summed E-state index contributed by atoms with van der Waals surface area (Å²) in [6.45, 7) is 0.916. The van der Waals surface area contributed by atoms with Gasteiger partial charge in [-0.15, -0.1) is 0 Å². The Morgan fingerprint density at radius 2 is 1.88 bits per heavy atom. The number of allylic oxidation sites excluding steroid dienone is 1. The molecule has 1 aromatic heterocycles. The zero-order valence-corrected chi connectivity index (χ0v) is 22.1. The van der Waals surface area contributed by atoms with Crippen molar-refractivity contribution in [3.05, 3.63) is 51.9 Å². The van der Waals surface area contributed by atoms with Crippen LogP contribution >= 0.6 is 0 Å². The Kier molecular flexibility index (Phi) is 8.30. The van der Waals surface area contributed by atoms with Crippen LogP contribution in [0, 0.1) is 18.8 Å². The van der Waals surface area contributed by atoms with Gasteiger partial charge in [-0.2, -0.15) is 0 Å². The van der Waals surface area contributed by atoms with Crippen LogP contribution in [0.3, 0.4) is 0 Å². The van der Waals surface area contributed by atoms with Gasteiger partial charge in [0.25, 0.3) is 0 Å². The molecule has 0 radical (unpaired) electrons. The van der Waals surface area contributed by atoms with Crippen LogP contribution in [-0.4, -0.2) is 87.3 Å². The van der Waals surface area contributed by atoms with E-state index >= 15 is 0 Å². The predicted molar refractivity (Wildman–Crippen MR) is 139 cm³/mol. The lowest BCUT2D eigenvalue weighted by Gasteiger charge is -2.47. The number of hydrogen-bond donors (Lipinski definition) is 6. The molecule has 1 saturated heterocycles. The molecule has 1 spiro atoms. The van der Waals surface area contributed by atoms with Crippen molar-refractivity contribution in [1.29, 1.82) is 0 Å². The van der Waals surface area contributed by atoms with Gasteiger partial charge in [0.05, 0.1) is 12.0 Å². The molecule has 3 heterocycles. The average molecular weight is 562 g/mol. The maximum absolute atomic E-state index is 12.6. The second-order valence-electron chi connectivity index (χ2n) is 11.0. The fraction of sp³-hybridized carbons (Fsp3) is 0.571. The zero-order valence-electron chi connectivity index (χ0n) is 22.1. The molecule has 1 aliphatic carbocycles. The minimum atomic E-state index is -1.80. The molecule has 40 heavy (non-hydrogen) atoms. The SMILES string of the molecule is Cc1cc(=O)c2cc3c(cc2o1)OC1(CC=CC(C2CNC(=O)C2)C1)C(OOCC(O)C(O)C(O)C(O)CO)C3. The fourth-order valence-electron chi connectivity index (χ4n) is 5.84. The van der Waals surface area contributed by atoms with Crippen LogP contribution in [0.15, 0.2) is 39.6 Å². The van der Waals surface area contributed by atoms with Crippen molar-refractivity contribution in [2.24, 2.45) is 11.8 Å². The lowest BCUT2D eigenvalue weighted by Crippen LogP contribution is -2.55. The molecule has 0 bridgehead atoms. The number of carbonyl (C=O) groups is 1. The largest absolute Gasteiger partial charge is 0.484 e. The van der Waals surface area contributed by atoms with E-state index in [2.05, 4.69) is 11.4 Å². The Balaban J connectivity index is 1.39. The molecule has 6 N–H and O–H groups in total. The summed E-state index contributed by atoms with van der Waals surface area (Å²) in [4.78, 5) is 35.7. The molecule has 5 rings (SSSR count). The number of aliphatic hydroxyl groups is 5. The van der Waals surface area contributed by atoms with Crippen LogP contribution in [0.2, 0.25) is 0 Å². The lowest BCUT2D eigenvalue weighted by molar-refractivity contribution is -0.363. The first kappa shape index (κ1) is 28.7. The van der Waals surface area contributed by atoms with Gasteiger partial charge in [0.2, 0.25) is 5.91 Å². The average Bonchev–Trinajstić information content (AvgIpc) is 3.37. The molecule has 218 valence electrons. The number of rotatable bonds is 9. The van der Waals surface area contributed by atoms with E-state index in [1.54, 1.807) is 19.1 Å². The molecule has 1 fully saturated rings. The monoisotopic (exact) mass is 561 g/mol. The summed E-state index contributed by atoms with van der Waals surface area (Å²) in [5.41, 5.74) is 0.0132. The third-order valence-electron chi connectivity index (χ3n) is 8.13. The second-order valence-corrected chi connectivity index (χ2v) is 11.0. The van der Waals surface area contributed by atoms with Gasteiger partial charge in [0.1, 0.15) is 59.8 Å². The normalized spacial score (nSPS) is 29.1. The molecule has 1 amide bonds. The minimum absolute atomic E-state index is 0.00184. The van der Waals surface area contributed by atoms with E-state index in [4.69, 9.17) is 24.0 Å².